The summed E-state index contributed by atoms with van der Waals surface area (Å²) < 4.78 is 5.61. The highest BCUT2D eigenvalue weighted by atomic mass is 32.1. The van der Waals surface area contributed by atoms with E-state index in [0.29, 0.717) is 25.2 Å². The van der Waals surface area contributed by atoms with Gasteiger partial charge in [0.2, 0.25) is 0 Å². The molecule has 6 heteroatoms. The van der Waals surface area contributed by atoms with Crippen molar-refractivity contribution < 1.29 is 14.3 Å². The highest BCUT2D eigenvalue weighted by Crippen LogP contribution is 2.16. The van der Waals surface area contributed by atoms with E-state index in [1.807, 2.05) is 60.5 Å². The van der Waals surface area contributed by atoms with Crippen LogP contribution in [0, 0.1) is 0 Å². The number of benzene rings is 1. The molecule has 2 heterocycles. The SMILES string of the molecule is CC(C)Oc1ccc(C(=O)N2CCN(CC(=O)c3cccs3)CC2)cc1. The van der Waals surface area contributed by atoms with Crippen LogP contribution < -0.4 is 4.74 Å². The van der Waals surface area contributed by atoms with Crippen LogP contribution in [0.4, 0.5) is 0 Å². The molecule has 1 aromatic heterocycles. The number of thiophene rings is 1. The summed E-state index contributed by atoms with van der Waals surface area (Å²) in [6.07, 6.45) is 0.113. The maximum absolute atomic E-state index is 12.7. The minimum absolute atomic E-state index is 0.0327. The average molecular weight is 372 g/mol. The summed E-state index contributed by atoms with van der Waals surface area (Å²) in [4.78, 5) is 29.6. The van der Waals surface area contributed by atoms with E-state index < -0.39 is 0 Å². The van der Waals surface area contributed by atoms with Crippen LogP contribution in [0.25, 0.3) is 0 Å². The van der Waals surface area contributed by atoms with Crippen molar-refractivity contribution in [3.8, 4) is 5.75 Å². The summed E-state index contributed by atoms with van der Waals surface area (Å²) in [7, 11) is 0. The molecule has 1 amide bonds. The number of hydrogen-bond donors (Lipinski definition) is 0. The summed E-state index contributed by atoms with van der Waals surface area (Å²) in [5.41, 5.74) is 0.671. The minimum Gasteiger partial charge on any atom is -0.491 e. The Bertz CT molecular complexity index is 733. The maximum Gasteiger partial charge on any atom is 0.253 e. The van der Waals surface area contributed by atoms with Crippen molar-refractivity contribution in [2.24, 2.45) is 0 Å². The van der Waals surface area contributed by atoms with Crippen LogP contribution in [0.2, 0.25) is 0 Å². The lowest BCUT2D eigenvalue weighted by Crippen LogP contribution is -2.49. The number of carbonyl (C=O) groups is 2. The van der Waals surface area contributed by atoms with E-state index in [9.17, 15) is 9.59 Å². The molecule has 0 unspecified atom stereocenters. The molecule has 5 nitrogen and oxygen atoms in total. The molecule has 1 saturated heterocycles. The molecule has 26 heavy (non-hydrogen) atoms. The fourth-order valence-electron chi connectivity index (χ4n) is 2.96. The molecule has 0 spiro atoms. The Hall–Kier alpha value is -2.18. The Morgan fingerprint density at radius 3 is 2.35 bits per heavy atom. The smallest absolute Gasteiger partial charge is 0.253 e. The van der Waals surface area contributed by atoms with Crippen LogP contribution in [0.5, 0.6) is 5.75 Å². The lowest BCUT2D eigenvalue weighted by atomic mass is 10.1. The summed E-state index contributed by atoms with van der Waals surface area (Å²) >= 11 is 1.48. The molecule has 0 bridgehead atoms. The van der Waals surface area contributed by atoms with Gasteiger partial charge in [-0.3, -0.25) is 14.5 Å². The van der Waals surface area contributed by atoms with Gasteiger partial charge in [-0.15, -0.1) is 11.3 Å². The Balaban J connectivity index is 1.51. The van der Waals surface area contributed by atoms with Gasteiger partial charge in [0, 0.05) is 31.7 Å². The summed E-state index contributed by atoms with van der Waals surface area (Å²) in [6.45, 7) is 7.09. The Morgan fingerprint density at radius 2 is 1.77 bits per heavy atom. The van der Waals surface area contributed by atoms with Gasteiger partial charge in [0.1, 0.15) is 5.75 Å². The van der Waals surface area contributed by atoms with Crippen molar-refractivity contribution in [2.75, 3.05) is 32.7 Å². The summed E-state index contributed by atoms with van der Waals surface area (Å²) in [5, 5.41) is 1.92. The van der Waals surface area contributed by atoms with Gasteiger partial charge >= 0.3 is 0 Å². The summed E-state index contributed by atoms with van der Waals surface area (Å²) in [5.74, 6) is 0.958. The van der Waals surface area contributed by atoms with Crippen LogP contribution >= 0.6 is 11.3 Å². The molecule has 2 aromatic rings. The average Bonchev–Trinajstić information content (AvgIpc) is 3.17. The van der Waals surface area contributed by atoms with Crippen molar-refractivity contribution in [2.45, 2.75) is 20.0 Å². The quantitative estimate of drug-likeness (QED) is 0.731. The Labute approximate surface area is 158 Å². The van der Waals surface area contributed by atoms with Crippen LogP contribution in [-0.4, -0.2) is 60.3 Å². The number of hydrogen-bond acceptors (Lipinski definition) is 5. The Kier molecular flexibility index (Phi) is 6.06. The standard InChI is InChI=1S/C20H24N2O3S/c1-15(2)25-17-7-5-16(6-8-17)20(24)22-11-9-21(10-12-22)14-18(23)19-4-3-13-26-19/h3-8,13,15H,9-12,14H2,1-2H3. The number of carbonyl (C=O) groups excluding carboxylic acids is 2. The zero-order valence-electron chi connectivity index (χ0n) is 15.2. The molecule has 1 aromatic carbocycles. The molecular formula is C20H24N2O3S. The number of ketones is 1. The van der Waals surface area contributed by atoms with Crippen molar-refractivity contribution in [1.29, 1.82) is 0 Å². The van der Waals surface area contributed by atoms with Crippen molar-refractivity contribution in [3.05, 3.63) is 52.2 Å². The second-order valence-corrected chi connectivity index (χ2v) is 7.61. The van der Waals surface area contributed by atoms with E-state index in [-0.39, 0.29) is 17.8 Å². The molecule has 3 rings (SSSR count). The monoisotopic (exact) mass is 372 g/mol. The van der Waals surface area contributed by atoms with Crippen LogP contribution in [0.3, 0.4) is 0 Å². The first-order valence-corrected chi connectivity index (χ1v) is 9.76. The normalized spacial score (nSPS) is 15.3. The largest absolute Gasteiger partial charge is 0.491 e. The minimum atomic E-state index is 0.0327. The van der Waals surface area contributed by atoms with E-state index in [0.717, 1.165) is 23.7 Å². The number of rotatable bonds is 6. The number of Topliss-reactive ketones (excluding diaryl/α,β-unsaturated/α-hetero) is 1. The zero-order chi connectivity index (χ0) is 18.5. The van der Waals surface area contributed by atoms with Gasteiger partial charge in [-0.05, 0) is 49.6 Å². The van der Waals surface area contributed by atoms with Gasteiger partial charge in [0.15, 0.2) is 5.78 Å². The van der Waals surface area contributed by atoms with Crippen molar-refractivity contribution in [3.63, 3.8) is 0 Å². The Morgan fingerprint density at radius 1 is 1.08 bits per heavy atom. The fraction of sp³-hybridized carbons (Fsp3) is 0.400. The first-order valence-electron chi connectivity index (χ1n) is 8.88. The second-order valence-electron chi connectivity index (χ2n) is 6.66. The summed E-state index contributed by atoms with van der Waals surface area (Å²) in [6, 6.07) is 11.1. The number of nitrogens with zero attached hydrogens (tertiary/aromatic N) is 2. The zero-order valence-corrected chi connectivity index (χ0v) is 16.0. The molecule has 1 fully saturated rings. The topological polar surface area (TPSA) is 49.9 Å². The molecular weight excluding hydrogens is 348 g/mol. The van der Waals surface area contributed by atoms with E-state index in [1.54, 1.807) is 0 Å². The first-order chi connectivity index (χ1) is 12.5. The maximum atomic E-state index is 12.7. The predicted molar refractivity (Wildman–Crippen MR) is 103 cm³/mol. The third-order valence-electron chi connectivity index (χ3n) is 4.30. The highest BCUT2D eigenvalue weighted by molar-refractivity contribution is 7.12. The van der Waals surface area contributed by atoms with Crippen LogP contribution in [0.1, 0.15) is 33.9 Å². The third kappa shape index (κ3) is 4.71. The van der Waals surface area contributed by atoms with Gasteiger partial charge in [-0.1, -0.05) is 6.07 Å². The molecule has 0 N–H and O–H groups in total. The number of amides is 1. The molecule has 0 radical (unpaired) electrons. The van der Waals surface area contributed by atoms with Crippen LogP contribution in [0.15, 0.2) is 41.8 Å². The molecule has 0 atom stereocenters. The number of ether oxygens (including phenoxy) is 1. The fourth-order valence-corrected chi connectivity index (χ4v) is 3.61. The predicted octanol–water partition coefficient (Wildman–Crippen LogP) is 3.18. The van der Waals surface area contributed by atoms with Gasteiger partial charge in [0.25, 0.3) is 5.91 Å². The molecule has 138 valence electrons. The molecule has 1 aliphatic rings. The van der Waals surface area contributed by atoms with E-state index in [4.69, 9.17) is 4.74 Å². The lowest BCUT2D eigenvalue weighted by molar-refractivity contribution is 0.0625. The van der Waals surface area contributed by atoms with Gasteiger partial charge in [-0.2, -0.15) is 0 Å². The first kappa shape index (κ1) is 18.6. The van der Waals surface area contributed by atoms with Gasteiger partial charge in [0.05, 0.1) is 17.5 Å². The van der Waals surface area contributed by atoms with E-state index in [2.05, 4.69) is 4.90 Å². The number of piperazine rings is 1. The van der Waals surface area contributed by atoms with Crippen LogP contribution in [-0.2, 0) is 0 Å². The third-order valence-corrected chi connectivity index (χ3v) is 5.21. The molecule has 0 aliphatic carbocycles. The van der Waals surface area contributed by atoms with E-state index >= 15 is 0 Å². The lowest BCUT2D eigenvalue weighted by Gasteiger charge is -2.34. The second kappa shape index (κ2) is 8.47. The van der Waals surface area contributed by atoms with Crippen molar-refractivity contribution in [1.82, 2.24) is 9.80 Å². The van der Waals surface area contributed by atoms with E-state index in [1.165, 1.54) is 11.3 Å². The highest BCUT2D eigenvalue weighted by Gasteiger charge is 2.23. The van der Waals surface area contributed by atoms with Crippen molar-refractivity contribution >= 4 is 23.0 Å². The molecule has 0 saturated carbocycles. The molecule has 1 aliphatic heterocycles. The van der Waals surface area contributed by atoms with Gasteiger partial charge in [-0.25, -0.2) is 0 Å². The van der Waals surface area contributed by atoms with Gasteiger partial charge < -0.3 is 9.64 Å².